The van der Waals surface area contributed by atoms with Crippen molar-refractivity contribution in [2.24, 2.45) is 0 Å². The van der Waals surface area contributed by atoms with Crippen molar-refractivity contribution in [2.45, 2.75) is 5.75 Å². The summed E-state index contributed by atoms with van der Waals surface area (Å²) in [4.78, 5) is 0. The smallest absolute Gasteiger partial charge is 0.236 e. The fourth-order valence-corrected chi connectivity index (χ4v) is 3.56. The molecule has 0 aliphatic rings. The first kappa shape index (κ1) is 14.1. The van der Waals surface area contributed by atoms with Gasteiger partial charge in [0.2, 0.25) is 10.0 Å². The van der Waals surface area contributed by atoms with Gasteiger partial charge in [0.05, 0.1) is 11.4 Å². The molecule has 0 saturated carbocycles. The summed E-state index contributed by atoms with van der Waals surface area (Å²) in [6.45, 7) is 0. The number of nitrogen functional groups attached to an aromatic ring is 1. The molecule has 4 nitrogen and oxygen atoms in total. The van der Waals surface area contributed by atoms with Crippen molar-refractivity contribution < 1.29 is 8.42 Å². The summed E-state index contributed by atoms with van der Waals surface area (Å²) in [5, 5.41) is 0. The van der Waals surface area contributed by atoms with Gasteiger partial charge in [-0.05, 0) is 52.4 Å². The van der Waals surface area contributed by atoms with Crippen molar-refractivity contribution >= 4 is 44.0 Å². The molecule has 0 amide bonds. The fourth-order valence-electron chi connectivity index (χ4n) is 1.65. The minimum atomic E-state index is -3.44. The number of hydrogen-bond acceptors (Lipinski definition) is 3. The zero-order valence-electron chi connectivity index (χ0n) is 10.0. The van der Waals surface area contributed by atoms with Crippen LogP contribution in [0.15, 0.2) is 48.5 Å². The Morgan fingerprint density at radius 1 is 1.11 bits per heavy atom. The Labute approximate surface area is 126 Å². The Hall–Kier alpha value is -1.28. The highest BCUT2D eigenvalue weighted by molar-refractivity contribution is 14.1. The summed E-state index contributed by atoms with van der Waals surface area (Å²) >= 11 is 2.09. The van der Waals surface area contributed by atoms with Gasteiger partial charge in [0.25, 0.3) is 0 Å². The van der Waals surface area contributed by atoms with Crippen LogP contribution in [-0.4, -0.2) is 8.42 Å². The molecule has 0 saturated heterocycles. The molecule has 0 fully saturated rings. The molecule has 100 valence electrons. The largest absolute Gasteiger partial charge is 0.399 e. The van der Waals surface area contributed by atoms with Gasteiger partial charge in [0.15, 0.2) is 0 Å². The molecule has 6 heteroatoms. The molecule has 0 spiro atoms. The van der Waals surface area contributed by atoms with E-state index in [2.05, 4.69) is 27.3 Å². The van der Waals surface area contributed by atoms with E-state index in [9.17, 15) is 8.42 Å². The predicted octanol–water partition coefficient (Wildman–Crippen LogP) is 2.82. The highest BCUT2D eigenvalue weighted by atomic mass is 127. The van der Waals surface area contributed by atoms with E-state index in [4.69, 9.17) is 5.73 Å². The summed E-state index contributed by atoms with van der Waals surface area (Å²) in [6.07, 6.45) is 0. The summed E-state index contributed by atoms with van der Waals surface area (Å²) in [6, 6.07) is 14.1. The number of nitrogens with two attached hydrogens (primary N) is 1. The van der Waals surface area contributed by atoms with Crippen molar-refractivity contribution in [3.8, 4) is 0 Å². The molecular formula is C13H13IN2O2S. The molecule has 0 bridgehead atoms. The second kappa shape index (κ2) is 5.79. The maximum Gasteiger partial charge on any atom is 0.236 e. The Morgan fingerprint density at radius 2 is 1.84 bits per heavy atom. The van der Waals surface area contributed by atoms with Gasteiger partial charge < -0.3 is 5.73 Å². The number of benzene rings is 2. The van der Waals surface area contributed by atoms with E-state index in [-0.39, 0.29) is 5.75 Å². The Morgan fingerprint density at radius 3 is 2.53 bits per heavy atom. The molecule has 0 aliphatic carbocycles. The lowest BCUT2D eigenvalue weighted by Crippen LogP contribution is -2.15. The number of halogens is 1. The molecule has 2 aromatic carbocycles. The maximum absolute atomic E-state index is 12.1. The number of rotatable bonds is 4. The van der Waals surface area contributed by atoms with Gasteiger partial charge in [-0.1, -0.05) is 24.3 Å². The molecule has 0 radical (unpaired) electrons. The SMILES string of the molecule is Nc1cccc(CS(=O)(=O)Nc2ccccc2I)c1. The van der Waals surface area contributed by atoms with Gasteiger partial charge in [-0.15, -0.1) is 0 Å². The van der Waals surface area contributed by atoms with E-state index in [0.717, 1.165) is 3.57 Å². The van der Waals surface area contributed by atoms with Crippen LogP contribution >= 0.6 is 22.6 Å². The van der Waals surface area contributed by atoms with Crippen LogP contribution in [0.25, 0.3) is 0 Å². The van der Waals surface area contributed by atoms with Gasteiger partial charge in [-0.3, -0.25) is 4.72 Å². The van der Waals surface area contributed by atoms with E-state index in [0.29, 0.717) is 16.9 Å². The van der Waals surface area contributed by atoms with Gasteiger partial charge in [0, 0.05) is 9.26 Å². The second-order valence-electron chi connectivity index (χ2n) is 4.09. The molecule has 0 aliphatic heterocycles. The fraction of sp³-hybridized carbons (Fsp3) is 0.0769. The first-order valence-electron chi connectivity index (χ1n) is 5.56. The number of para-hydroxylation sites is 1. The van der Waals surface area contributed by atoms with Crippen molar-refractivity contribution in [1.29, 1.82) is 0 Å². The molecule has 2 aromatic rings. The third kappa shape index (κ3) is 4.10. The van der Waals surface area contributed by atoms with Gasteiger partial charge >= 0.3 is 0 Å². The average Bonchev–Trinajstić information content (AvgIpc) is 2.31. The highest BCUT2D eigenvalue weighted by Gasteiger charge is 2.13. The number of sulfonamides is 1. The average molecular weight is 388 g/mol. The van der Waals surface area contributed by atoms with Crippen LogP contribution in [0.3, 0.4) is 0 Å². The minimum absolute atomic E-state index is 0.0942. The number of nitrogens with one attached hydrogen (secondary N) is 1. The zero-order chi connectivity index (χ0) is 13.9. The molecule has 0 aromatic heterocycles. The Kier molecular flexibility index (Phi) is 4.31. The van der Waals surface area contributed by atoms with Crippen molar-refractivity contribution in [3.05, 3.63) is 57.7 Å². The quantitative estimate of drug-likeness (QED) is 0.625. The molecular weight excluding hydrogens is 375 g/mol. The van der Waals surface area contributed by atoms with Crippen molar-refractivity contribution in [2.75, 3.05) is 10.5 Å². The number of hydrogen-bond donors (Lipinski definition) is 2. The summed E-state index contributed by atoms with van der Waals surface area (Å²) < 4.78 is 27.6. The molecule has 3 N–H and O–H groups in total. The first-order valence-corrected chi connectivity index (χ1v) is 8.29. The molecule has 0 unspecified atom stereocenters. The van der Waals surface area contributed by atoms with Gasteiger partial charge in [0.1, 0.15) is 0 Å². The summed E-state index contributed by atoms with van der Waals surface area (Å²) in [5.41, 5.74) is 7.45. The van der Waals surface area contributed by atoms with E-state index in [1.807, 2.05) is 12.1 Å². The predicted molar refractivity (Wildman–Crippen MR) is 86.3 cm³/mol. The third-order valence-electron chi connectivity index (χ3n) is 2.45. The highest BCUT2D eigenvalue weighted by Crippen LogP contribution is 2.20. The number of anilines is 2. The topological polar surface area (TPSA) is 72.2 Å². The second-order valence-corrected chi connectivity index (χ2v) is 6.97. The Bertz CT molecular complexity index is 687. The molecule has 19 heavy (non-hydrogen) atoms. The zero-order valence-corrected chi connectivity index (χ0v) is 13.0. The van der Waals surface area contributed by atoms with Crippen LogP contribution in [0.2, 0.25) is 0 Å². The standard InChI is InChI=1S/C13H13IN2O2S/c14-12-6-1-2-7-13(12)16-19(17,18)9-10-4-3-5-11(15)8-10/h1-8,16H,9,15H2. The van der Waals surface area contributed by atoms with Crippen molar-refractivity contribution in [3.63, 3.8) is 0 Å². The normalized spacial score (nSPS) is 11.2. The first-order chi connectivity index (χ1) is 8.96. The van der Waals surface area contributed by atoms with Crippen LogP contribution in [0.5, 0.6) is 0 Å². The van der Waals surface area contributed by atoms with Gasteiger partial charge in [-0.2, -0.15) is 0 Å². The third-order valence-corrected chi connectivity index (χ3v) is 4.63. The summed E-state index contributed by atoms with van der Waals surface area (Å²) in [7, 11) is -3.44. The lowest BCUT2D eigenvalue weighted by atomic mass is 10.2. The van der Waals surface area contributed by atoms with E-state index < -0.39 is 10.0 Å². The van der Waals surface area contributed by atoms with Crippen LogP contribution in [-0.2, 0) is 15.8 Å². The van der Waals surface area contributed by atoms with Crippen molar-refractivity contribution in [1.82, 2.24) is 0 Å². The minimum Gasteiger partial charge on any atom is -0.399 e. The molecule has 0 atom stereocenters. The lowest BCUT2D eigenvalue weighted by molar-refractivity contribution is 0.600. The van der Waals surface area contributed by atoms with Gasteiger partial charge in [-0.25, -0.2) is 8.42 Å². The Balaban J connectivity index is 2.18. The van der Waals surface area contributed by atoms with E-state index in [1.165, 1.54) is 0 Å². The van der Waals surface area contributed by atoms with Crippen LogP contribution < -0.4 is 10.5 Å². The maximum atomic E-state index is 12.1. The van der Waals surface area contributed by atoms with E-state index >= 15 is 0 Å². The summed E-state index contributed by atoms with van der Waals surface area (Å²) in [5.74, 6) is -0.0942. The molecule has 0 heterocycles. The monoisotopic (exact) mass is 388 g/mol. The van der Waals surface area contributed by atoms with Crippen LogP contribution in [0.4, 0.5) is 11.4 Å². The van der Waals surface area contributed by atoms with E-state index in [1.54, 1.807) is 36.4 Å². The van der Waals surface area contributed by atoms with Crippen LogP contribution in [0, 0.1) is 3.57 Å². The molecule has 2 rings (SSSR count). The van der Waals surface area contributed by atoms with Crippen LogP contribution in [0.1, 0.15) is 5.56 Å². The lowest BCUT2D eigenvalue weighted by Gasteiger charge is -2.09.